The molecule has 0 heterocycles. The Balaban J connectivity index is 0.00000163. The van der Waals surface area contributed by atoms with Crippen molar-refractivity contribution >= 4 is 60.4 Å². The molecule has 1 aliphatic rings. The molecule has 3 aromatic rings. The van der Waals surface area contributed by atoms with E-state index in [1.807, 2.05) is 42.5 Å². The van der Waals surface area contributed by atoms with Crippen LogP contribution in [0.5, 0.6) is 0 Å². The summed E-state index contributed by atoms with van der Waals surface area (Å²) in [5.41, 5.74) is 4.37. The van der Waals surface area contributed by atoms with Crippen LogP contribution in [0.15, 0.2) is 64.6 Å². The first-order valence-corrected chi connectivity index (χ1v) is 11.6. The quantitative estimate of drug-likeness (QED) is 0.145. The van der Waals surface area contributed by atoms with Crippen LogP contribution in [0.25, 0.3) is 16.8 Å². The number of ketones is 1. The van der Waals surface area contributed by atoms with Crippen molar-refractivity contribution in [2.75, 3.05) is 17.8 Å². The molecule has 0 atom stereocenters. The minimum absolute atomic E-state index is 0. The summed E-state index contributed by atoms with van der Waals surface area (Å²) in [6.45, 7) is 0. The number of rotatable bonds is 4. The number of carbonyl (C=O) groups is 1. The molecule has 0 unspecified atom stereocenters. The summed E-state index contributed by atoms with van der Waals surface area (Å²) in [7, 11) is -6.23. The number of nitrogens with one attached hydrogen (secondary N) is 2. The van der Waals surface area contributed by atoms with Crippen molar-refractivity contribution in [1.29, 1.82) is 0 Å². The minimum Gasteiger partial charge on any atom is -0.744 e. The first-order chi connectivity index (χ1) is 15.6. The summed E-state index contributed by atoms with van der Waals surface area (Å²) < 4.78 is 59.4. The third-order valence-electron chi connectivity index (χ3n) is 4.55. The van der Waals surface area contributed by atoms with Gasteiger partial charge in [-0.3, -0.25) is 10.1 Å². The Morgan fingerprint density at radius 2 is 1.58 bits per heavy atom. The zero-order valence-electron chi connectivity index (χ0n) is 19.3. The fraction of sp³-hybridized carbons (Fsp3) is 0.0476. The second-order valence-electron chi connectivity index (χ2n) is 6.60. The topological polar surface area (TPSA) is 162 Å². The number of hydrogen-bond acceptors (Lipinski definition) is 10. The zero-order chi connectivity index (χ0) is 24.2. The van der Waals surface area contributed by atoms with E-state index in [2.05, 4.69) is 21.9 Å². The van der Waals surface area contributed by atoms with Gasteiger partial charge in [0.05, 0.1) is 5.69 Å². The molecule has 10 nitrogen and oxygen atoms in total. The molecule has 1 aliphatic carbocycles. The van der Waals surface area contributed by atoms with E-state index >= 15 is 0 Å². The van der Waals surface area contributed by atoms with E-state index in [0.29, 0.717) is 11.3 Å². The summed E-state index contributed by atoms with van der Waals surface area (Å²) >= 11 is 0. The molecule has 0 aliphatic heterocycles. The number of halogens is 1. The number of hydrogen-bond donors (Lipinski definition) is 2. The molecule has 0 aromatic heterocycles. The maximum atomic E-state index is 12.9. The fourth-order valence-electron chi connectivity index (χ4n) is 3.14. The first-order valence-electron chi connectivity index (χ1n) is 9.15. The molecule has 0 saturated carbocycles. The number of carbonyl (C=O) groups excluding carboxylic acids is 1. The van der Waals surface area contributed by atoms with E-state index in [1.165, 1.54) is 13.1 Å². The van der Waals surface area contributed by atoms with Gasteiger partial charge in [0.2, 0.25) is 0 Å². The molecular formula is C21H16FN3Na2O7S2. The molecule has 36 heavy (non-hydrogen) atoms. The molecule has 0 radical (unpaired) electrons. The summed E-state index contributed by atoms with van der Waals surface area (Å²) in [6.07, 6.45) is 4.19. The van der Waals surface area contributed by atoms with Crippen LogP contribution in [0, 0.1) is 6.08 Å². The maximum absolute atomic E-state index is 12.9. The van der Waals surface area contributed by atoms with E-state index in [9.17, 15) is 17.8 Å². The van der Waals surface area contributed by atoms with Crippen LogP contribution in [0.3, 0.4) is 0 Å². The number of hydrazone groups is 1. The Bertz CT molecular complexity index is 1540. The SMILES string of the molecule is CNc1cc(S(=O)(=O)[O-])cc2c1C(=O)/C(=N\Nc1ccc3ccccc3c1)[C-]=C2.F.O=S(=O)=O.[Na+].[Na+]. The number of nitrogens with zero attached hydrogens (tertiary/aromatic N) is 1. The minimum atomic E-state index is -4.66. The molecule has 4 rings (SSSR count). The Kier molecular flexibility index (Phi) is 13.9. The van der Waals surface area contributed by atoms with Crippen molar-refractivity contribution in [3.63, 3.8) is 0 Å². The Hall–Kier alpha value is -1.94. The monoisotopic (exact) mass is 551 g/mol. The first kappa shape index (κ1) is 34.1. The van der Waals surface area contributed by atoms with Gasteiger partial charge in [-0.1, -0.05) is 42.0 Å². The van der Waals surface area contributed by atoms with Crippen LogP contribution in [0.2, 0.25) is 0 Å². The van der Waals surface area contributed by atoms with Gasteiger partial charge in [-0.25, -0.2) is 8.42 Å². The van der Waals surface area contributed by atoms with Gasteiger partial charge in [-0.15, -0.1) is 18.2 Å². The van der Waals surface area contributed by atoms with Gasteiger partial charge in [0, 0.05) is 23.3 Å². The largest absolute Gasteiger partial charge is 1.00 e. The average Bonchev–Trinajstić information content (AvgIpc) is 2.76. The van der Waals surface area contributed by atoms with Gasteiger partial charge in [0.25, 0.3) is 0 Å². The van der Waals surface area contributed by atoms with Crippen molar-refractivity contribution in [2.45, 2.75) is 4.90 Å². The van der Waals surface area contributed by atoms with Crippen LogP contribution in [0.4, 0.5) is 16.1 Å². The van der Waals surface area contributed by atoms with E-state index in [-0.39, 0.29) is 80.8 Å². The third kappa shape index (κ3) is 8.57. The normalized spacial score (nSPS) is 12.6. The predicted molar refractivity (Wildman–Crippen MR) is 123 cm³/mol. The van der Waals surface area contributed by atoms with Crippen LogP contribution >= 0.6 is 0 Å². The second-order valence-corrected chi connectivity index (χ2v) is 8.38. The van der Waals surface area contributed by atoms with Gasteiger partial charge in [0.15, 0.2) is 0 Å². The van der Waals surface area contributed by atoms with Crippen molar-refractivity contribution in [3.8, 4) is 0 Å². The molecule has 0 spiro atoms. The molecule has 0 saturated heterocycles. The number of fused-ring (bicyclic) bond motifs is 2. The molecule has 2 N–H and O–H groups in total. The summed E-state index contributed by atoms with van der Waals surface area (Å²) in [4.78, 5) is 12.5. The summed E-state index contributed by atoms with van der Waals surface area (Å²) in [6, 6.07) is 15.9. The van der Waals surface area contributed by atoms with Crippen molar-refractivity contribution in [3.05, 3.63) is 71.8 Å². The molecule has 0 bridgehead atoms. The maximum Gasteiger partial charge on any atom is 1.00 e. The molecule has 0 amide bonds. The van der Waals surface area contributed by atoms with E-state index in [1.54, 1.807) is 0 Å². The van der Waals surface area contributed by atoms with Gasteiger partial charge < -0.3 is 14.7 Å². The molecule has 3 aromatic carbocycles. The molecule has 178 valence electrons. The van der Waals surface area contributed by atoms with Crippen LogP contribution in [-0.4, -0.2) is 44.1 Å². The van der Waals surface area contributed by atoms with Gasteiger partial charge in [-0.2, -0.15) is 17.3 Å². The Morgan fingerprint density at radius 3 is 2.17 bits per heavy atom. The van der Waals surface area contributed by atoms with Gasteiger partial charge in [0.1, 0.15) is 15.9 Å². The number of Topliss-reactive ketones (excluding diaryl/α,β-unsaturated/α-hetero) is 1. The van der Waals surface area contributed by atoms with Gasteiger partial charge in [-0.05, 0) is 29.0 Å². The smallest absolute Gasteiger partial charge is 0.744 e. The predicted octanol–water partition coefficient (Wildman–Crippen LogP) is -3.58. The zero-order valence-corrected chi connectivity index (χ0v) is 24.9. The number of anilines is 2. The fourth-order valence-corrected chi connectivity index (χ4v) is 3.67. The summed E-state index contributed by atoms with van der Waals surface area (Å²) in [5, 5.41) is 9.03. The average molecular weight is 551 g/mol. The summed E-state index contributed by atoms with van der Waals surface area (Å²) in [5.74, 6) is -0.435. The van der Waals surface area contributed by atoms with Crippen molar-refractivity contribution in [1.82, 2.24) is 0 Å². The number of benzene rings is 3. The van der Waals surface area contributed by atoms with E-state index in [0.717, 1.165) is 22.9 Å². The standard InChI is InChI=1S/C21H16N3O4S.FH.2Na.O3S/c1-22-19-12-17(29(26,27)28)11-15-7-9-18(21(25)20(15)19)24-23-16-8-6-13-4-2-3-5-14(13)10-16;;;;1-4(2)3/h2-8,10-12,22-23H,1H3,(H,26,27,28);1H;;;/q-1;;2*+1;/p-1/b24-18-;;;;. The number of allylic oxidation sites excluding steroid dienone is 1. The van der Waals surface area contributed by atoms with Crippen molar-refractivity contribution < 1.29 is 94.2 Å². The van der Waals surface area contributed by atoms with Crippen LogP contribution in [0.1, 0.15) is 15.9 Å². The van der Waals surface area contributed by atoms with E-state index < -0.39 is 31.4 Å². The van der Waals surface area contributed by atoms with Crippen molar-refractivity contribution in [2.24, 2.45) is 5.10 Å². The van der Waals surface area contributed by atoms with Crippen LogP contribution < -0.4 is 69.9 Å². The third-order valence-corrected chi connectivity index (χ3v) is 5.37. The Morgan fingerprint density at radius 1 is 0.972 bits per heavy atom. The molecular weight excluding hydrogens is 535 g/mol. The van der Waals surface area contributed by atoms with E-state index in [4.69, 9.17) is 12.6 Å². The molecule has 0 fully saturated rings. The van der Waals surface area contributed by atoms with Gasteiger partial charge >= 0.3 is 69.7 Å². The Labute approximate surface area is 252 Å². The second kappa shape index (κ2) is 14.7. The van der Waals surface area contributed by atoms with Crippen LogP contribution in [-0.2, 0) is 20.7 Å². The molecule has 15 heteroatoms.